The molecule has 0 unspecified atom stereocenters. The molecule has 0 aliphatic carbocycles. The summed E-state index contributed by atoms with van der Waals surface area (Å²) in [5.74, 6) is -2.85. The Bertz CT molecular complexity index is 615. The Morgan fingerprint density at radius 1 is 0.696 bits per heavy atom. The summed E-state index contributed by atoms with van der Waals surface area (Å²) >= 11 is 0. The number of urea groups is 2. The first kappa shape index (κ1) is 28.8. The Morgan fingerprint density at radius 3 is 1.17 bits per heavy atom. The molecule has 0 atom stereocenters. The van der Waals surface area contributed by atoms with Crippen LogP contribution in [-0.4, -0.2) is 49.8 Å². The fourth-order valence-electron chi connectivity index (χ4n) is 0.766. The maximum absolute atomic E-state index is 11.0. The first-order valence-electron chi connectivity index (χ1n) is 4.43. The second-order valence-electron chi connectivity index (χ2n) is 3.04. The third-order valence-electron chi connectivity index (χ3n) is 1.26. The van der Waals surface area contributed by atoms with Crippen molar-refractivity contribution in [2.45, 2.75) is 6.42 Å². The van der Waals surface area contributed by atoms with E-state index in [9.17, 15) is 45.1 Å². The zero-order valence-corrected chi connectivity index (χ0v) is 19.5. The van der Waals surface area contributed by atoms with Crippen molar-refractivity contribution in [2.75, 3.05) is 0 Å². The van der Waals surface area contributed by atoms with Gasteiger partial charge in [0, 0.05) is 0 Å². The van der Waals surface area contributed by atoms with Gasteiger partial charge in [-0.2, -0.15) is 0 Å². The predicted octanol–water partition coefficient (Wildman–Crippen LogP) is -10.0. The standard InChI is InChI=1S/C5H8N4O10S2.2K/c10-2(6-4(12)8-20(14,15)16)1-3(11)7-5(13)9-21(17,18)19;;/h1H2,(H,14,15,16)(H,17,18,19)(H2,6,8,10,12)(H2,7,9,11,13);;/q;2*+1/p-2. The van der Waals surface area contributed by atoms with Gasteiger partial charge in [-0.25, -0.2) is 35.9 Å². The molecule has 120 valence electrons. The van der Waals surface area contributed by atoms with Crippen LogP contribution < -0.4 is 123 Å². The van der Waals surface area contributed by atoms with Crippen LogP contribution in [-0.2, 0) is 30.2 Å². The first-order chi connectivity index (χ1) is 9.28. The van der Waals surface area contributed by atoms with Crippen LogP contribution in [0.1, 0.15) is 6.42 Å². The molecule has 0 aromatic carbocycles. The van der Waals surface area contributed by atoms with E-state index in [1.54, 1.807) is 0 Å². The van der Waals surface area contributed by atoms with Gasteiger partial charge in [-0.3, -0.25) is 20.2 Å². The summed E-state index contributed by atoms with van der Waals surface area (Å²) in [6, 6.07) is -3.48. The Kier molecular flexibility index (Phi) is 15.4. The van der Waals surface area contributed by atoms with Crippen molar-refractivity contribution >= 4 is 44.5 Å². The quantitative estimate of drug-likeness (QED) is 0.189. The molecular weight excluding hydrogens is 418 g/mol. The van der Waals surface area contributed by atoms with E-state index in [2.05, 4.69) is 0 Å². The molecule has 0 heterocycles. The first-order valence-corrected chi connectivity index (χ1v) is 7.25. The van der Waals surface area contributed by atoms with Crippen molar-refractivity contribution in [3.8, 4) is 0 Å². The number of rotatable bonds is 4. The SMILES string of the molecule is O=C(CC(=O)NC(=O)NS(=O)(=O)[O-])NC(=O)NS(=O)(=O)[O-].[K+].[K+]. The topological polar surface area (TPSA) is 231 Å². The van der Waals surface area contributed by atoms with E-state index in [4.69, 9.17) is 0 Å². The van der Waals surface area contributed by atoms with Gasteiger partial charge in [-0.15, -0.1) is 0 Å². The van der Waals surface area contributed by atoms with E-state index in [1.807, 2.05) is 0 Å². The van der Waals surface area contributed by atoms with Crippen molar-refractivity contribution in [3.05, 3.63) is 0 Å². The van der Waals surface area contributed by atoms with Gasteiger partial charge in [-0.05, 0) is 0 Å². The zero-order chi connectivity index (χ0) is 16.8. The van der Waals surface area contributed by atoms with Crippen LogP contribution in [0.3, 0.4) is 0 Å². The van der Waals surface area contributed by atoms with E-state index in [1.165, 1.54) is 10.6 Å². The van der Waals surface area contributed by atoms with Gasteiger partial charge in [-0.1, -0.05) is 0 Å². The molecule has 23 heavy (non-hydrogen) atoms. The van der Waals surface area contributed by atoms with Crippen molar-refractivity contribution in [1.82, 2.24) is 20.1 Å². The van der Waals surface area contributed by atoms with E-state index in [0.29, 0.717) is 0 Å². The van der Waals surface area contributed by atoms with Crippen molar-refractivity contribution < 1.29 is 148 Å². The Balaban J connectivity index is -0.00000200. The molecule has 0 saturated carbocycles. The maximum Gasteiger partial charge on any atom is 1.00 e. The molecule has 0 bridgehead atoms. The smallest absolute Gasteiger partial charge is 0.731 e. The van der Waals surface area contributed by atoms with Crippen LogP contribution in [0, 0.1) is 0 Å². The summed E-state index contributed by atoms with van der Waals surface area (Å²) < 4.78 is 62.0. The number of carbonyl (C=O) groups excluding carboxylic acids is 4. The monoisotopic (exact) mass is 424 g/mol. The second kappa shape index (κ2) is 12.3. The summed E-state index contributed by atoms with van der Waals surface area (Å²) in [6.07, 6.45) is -1.21. The molecule has 14 nitrogen and oxygen atoms in total. The minimum atomic E-state index is -5.17. The molecule has 0 radical (unpaired) electrons. The Hall–Kier alpha value is 0.973. The largest absolute Gasteiger partial charge is 1.00 e. The van der Waals surface area contributed by atoms with Crippen molar-refractivity contribution in [2.24, 2.45) is 0 Å². The third-order valence-corrected chi connectivity index (χ3v) is 2.13. The van der Waals surface area contributed by atoms with Crippen molar-refractivity contribution in [1.29, 1.82) is 0 Å². The van der Waals surface area contributed by atoms with Crippen molar-refractivity contribution in [3.63, 3.8) is 0 Å². The van der Waals surface area contributed by atoms with E-state index in [0.717, 1.165) is 9.44 Å². The third kappa shape index (κ3) is 19.1. The average molecular weight is 424 g/mol. The van der Waals surface area contributed by atoms with Gasteiger partial charge in [0.05, 0.1) is 0 Å². The van der Waals surface area contributed by atoms with E-state index < -0.39 is 50.9 Å². The molecule has 0 rings (SSSR count). The molecule has 4 N–H and O–H groups in total. The molecule has 0 spiro atoms. The zero-order valence-electron chi connectivity index (χ0n) is 11.6. The van der Waals surface area contributed by atoms with Gasteiger partial charge in [0.1, 0.15) is 6.42 Å². The predicted molar refractivity (Wildman–Crippen MR) is 57.4 cm³/mol. The second-order valence-corrected chi connectivity index (χ2v) is 5.27. The normalized spacial score (nSPS) is 10.2. The van der Waals surface area contributed by atoms with Gasteiger partial charge < -0.3 is 9.11 Å². The van der Waals surface area contributed by atoms with E-state index >= 15 is 0 Å². The Labute approximate surface area is 214 Å². The average Bonchev–Trinajstić information content (AvgIpc) is 2.07. The summed E-state index contributed by atoms with van der Waals surface area (Å²) in [5.41, 5.74) is 0. The fourth-order valence-corrected chi connectivity index (χ4v) is 1.32. The van der Waals surface area contributed by atoms with Crippen LogP contribution in [0.4, 0.5) is 9.59 Å². The number of hydrogen-bond acceptors (Lipinski definition) is 10. The summed E-state index contributed by atoms with van der Waals surface area (Å²) in [4.78, 5) is 43.4. The molecule has 0 aromatic rings. The minimum Gasteiger partial charge on any atom is -0.731 e. The van der Waals surface area contributed by atoms with Gasteiger partial charge in [0.25, 0.3) is 0 Å². The van der Waals surface area contributed by atoms with Gasteiger partial charge >= 0.3 is 115 Å². The molecular formula is C5H6K2N4O10S2. The van der Waals surface area contributed by atoms with Crippen LogP contribution in [0.5, 0.6) is 0 Å². The molecule has 18 heteroatoms. The number of hydrogen-bond donors (Lipinski definition) is 4. The van der Waals surface area contributed by atoms with Crippen LogP contribution in [0.15, 0.2) is 0 Å². The van der Waals surface area contributed by atoms with Gasteiger partial charge in [0.2, 0.25) is 11.8 Å². The molecule has 0 aliphatic rings. The molecule has 0 saturated heterocycles. The summed E-state index contributed by atoms with van der Waals surface area (Å²) in [6.45, 7) is 0. The summed E-state index contributed by atoms with van der Waals surface area (Å²) in [7, 11) is -10.3. The maximum atomic E-state index is 11.0. The number of imide groups is 2. The van der Waals surface area contributed by atoms with E-state index in [-0.39, 0.29) is 103 Å². The fraction of sp³-hybridized carbons (Fsp3) is 0.200. The van der Waals surface area contributed by atoms with Crippen LogP contribution in [0.2, 0.25) is 0 Å². The molecule has 6 amide bonds. The number of carbonyl (C=O) groups is 4. The number of nitrogens with one attached hydrogen (secondary N) is 4. The molecule has 0 aromatic heterocycles. The van der Waals surface area contributed by atoms with Crippen LogP contribution >= 0.6 is 0 Å². The summed E-state index contributed by atoms with van der Waals surface area (Å²) in [5, 5.41) is 2.50. The number of amides is 6. The minimum absolute atomic E-state index is 0. The van der Waals surface area contributed by atoms with Crippen LogP contribution in [0.25, 0.3) is 0 Å². The van der Waals surface area contributed by atoms with Gasteiger partial charge in [0.15, 0.2) is 20.6 Å². The molecule has 0 aliphatic heterocycles. The Morgan fingerprint density at radius 2 is 0.957 bits per heavy atom. The molecule has 0 fully saturated rings.